The molecule has 1 aromatic carbocycles. The van der Waals surface area contributed by atoms with Gasteiger partial charge in [0.2, 0.25) is 0 Å². The van der Waals surface area contributed by atoms with Crippen molar-refractivity contribution in [1.29, 1.82) is 5.26 Å². The Balaban J connectivity index is 1.89. The summed E-state index contributed by atoms with van der Waals surface area (Å²) in [7, 11) is 0. The zero-order chi connectivity index (χ0) is 19.8. The van der Waals surface area contributed by atoms with Crippen molar-refractivity contribution in [2.24, 2.45) is 0 Å². The van der Waals surface area contributed by atoms with Gasteiger partial charge in [0.05, 0.1) is 23.5 Å². The molecule has 0 saturated carbocycles. The molecule has 2 heterocycles. The number of halogens is 3. The molecule has 0 spiro atoms. The fourth-order valence-corrected chi connectivity index (χ4v) is 3.30. The number of alkyl halides is 3. The maximum absolute atomic E-state index is 12.7. The van der Waals surface area contributed by atoms with Gasteiger partial charge in [0.25, 0.3) is 5.56 Å². The molecule has 0 radical (unpaired) electrons. The van der Waals surface area contributed by atoms with Crippen LogP contribution < -0.4 is 5.56 Å². The maximum Gasteiger partial charge on any atom is 0.416 e. The first kappa shape index (κ1) is 18.8. The Morgan fingerprint density at radius 2 is 1.89 bits per heavy atom. The average molecular weight is 390 g/mol. The third-order valence-electron chi connectivity index (χ3n) is 4.07. The minimum Gasteiger partial charge on any atom is -0.266 e. The van der Waals surface area contributed by atoms with Crippen molar-refractivity contribution in [2.75, 3.05) is 0 Å². The Kier molecular flexibility index (Phi) is 4.85. The van der Waals surface area contributed by atoms with E-state index in [9.17, 15) is 18.0 Å². The first-order valence-electron chi connectivity index (χ1n) is 7.81. The molecule has 5 nitrogen and oxygen atoms in total. The fraction of sp³-hybridized carbons (Fsp3) is 0.222. The average Bonchev–Trinajstić information content (AvgIpc) is 3.08. The largest absolute Gasteiger partial charge is 0.416 e. The van der Waals surface area contributed by atoms with Gasteiger partial charge in [-0.25, -0.2) is 9.67 Å². The van der Waals surface area contributed by atoms with Gasteiger partial charge in [-0.3, -0.25) is 4.79 Å². The number of nitrogens with zero attached hydrogens (tertiary/aromatic N) is 4. The topological polar surface area (TPSA) is 71.6 Å². The van der Waals surface area contributed by atoms with Crippen LogP contribution in [0.25, 0.3) is 10.6 Å². The molecular formula is C18H13F3N4OS. The number of hydrogen-bond donors (Lipinski definition) is 0. The van der Waals surface area contributed by atoms with Crippen LogP contribution in [0.2, 0.25) is 0 Å². The summed E-state index contributed by atoms with van der Waals surface area (Å²) in [5, 5.41) is 15.6. The molecule has 0 fully saturated rings. The van der Waals surface area contributed by atoms with E-state index in [0.717, 1.165) is 12.1 Å². The van der Waals surface area contributed by atoms with Crippen molar-refractivity contribution in [2.45, 2.75) is 26.6 Å². The SMILES string of the molecule is Cc1nn(Cc2csc(-c3ccc(C(F)(F)F)cc3)n2)c(=O)c(C#N)c1C. The number of thiazole rings is 1. The highest BCUT2D eigenvalue weighted by Gasteiger charge is 2.30. The second-order valence-electron chi connectivity index (χ2n) is 5.88. The minimum absolute atomic E-state index is 0.0423. The molecule has 9 heteroatoms. The number of nitriles is 1. The van der Waals surface area contributed by atoms with Gasteiger partial charge < -0.3 is 0 Å². The lowest BCUT2D eigenvalue weighted by Crippen LogP contribution is -2.28. The van der Waals surface area contributed by atoms with Crippen LogP contribution in [-0.4, -0.2) is 14.8 Å². The van der Waals surface area contributed by atoms with Crippen LogP contribution in [0.4, 0.5) is 13.2 Å². The van der Waals surface area contributed by atoms with Gasteiger partial charge in [-0.05, 0) is 31.5 Å². The van der Waals surface area contributed by atoms with Crippen LogP contribution in [0.15, 0.2) is 34.4 Å². The molecule has 3 rings (SSSR count). The molecule has 0 bridgehead atoms. The highest BCUT2D eigenvalue weighted by atomic mass is 32.1. The van der Waals surface area contributed by atoms with Gasteiger partial charge in [-0.15, -0.1) is 11.3 Å². The van der Waals surface area contributed by atoms with E-state index in [1.807, 2.05) is 6.07 Å². The van der Waals surface area contributed by atoms with Crippen LogP contribution in [0.5, 0.6) is 0 Å². The van der Waals surface area contributed by atoms with Crippen LogP contribution in [0.1, 0.15) is 28.1 Å². The van der Waals surface area contributed by atoms with Gasteiger partial charge in [0.1, 0.15) is 16.6 Å². The summed E-state index contributed by atoms with van der Waals surface area (Å²) >= 11 is 1.26. The third-order valence-corrected chi connectivity index (χ3v) is 5.01. The Bertz CT molecular complexity index is 1090. The molecule has 2 aromatic heterocycles. The van der Waals surface area contributed by atoms with Gasteiger partial charge in [0, 0.05) is 10.9 Å². The van der Waals surface area contributed by atoms with Crippen molar-refractivity contribution >= 4 is 11.3 Å². The number of aryl methyl sites for hydroxylation is 1. The normalized spacial score (nSPS) is 11.4. The van der Waals surface area contributed by atoms with Crippen LogP contribution in [0.3, 0.4) is 0 Å². The number of aromatic nitrogens is 3. The smallest absolute Gasteiger partial charge is 0.266 e. The van der Waals surface area contributed by atoms with Gasteiger partial charge >= 0.3 is 6.18 Å². The summed E-state index contributed by atoms with van der Waals surface area (Å²) in [6.07, 6.45) is -4.39. The molecule has 3 aromatic rings. The predicted octanol–water partition coefficient (Wildman–Crippen LogP) is 3.92. The monoisotopic (exact) mass is 390 g/mol. The first-order chi connectivity index (χ1) is 12.7. The van der Waals surface area contributed by atoms with Crippen molar-refractivity contribution in [1.82, 2.24) is 14.8 Å². The summed E-state index contributed by atoms with van der Waals surface area (Å²) in [5.41, 5.74) is 1.03. The molecule has 0 aliphatic rings. The molecule has 0 unspecified atom stereocenters. The van der Waals surface area contributed by atoms with E-state index >= 15 is 0 Å². The highest BCUT2D eigenvalue weighted by molar-refractivity contribution is 7.13. The molecule has 0 aliphatic heterocycles. The van der Waals surface area contributed by atoms with Crippen molar-refractivity contribution in [3.05, 3.63) is 68.1 Å². The summed E-state index contributed by atoms with van der Waals surface area (Å²) in [4.78, 5) is 16.7. The quantitative estimate of drug-likeness (QED) is 0.680. The molecule has 0 amide bonds. The summed E-state index contributed by atoms with van der Waals surface area (Å²) < 4.78 is 39.1. The molecule has 27 heavy (non-hydrogen) atoms. The summed E-state index contributed by atoms with van der Waals surface area (Å²) in [5.74, 6) is 0. The van der Waals surface area contributed by atoms with Gasteiger partial charge in [-0.2, -0.15) is 23.5 Å². The van der Waals surface area contributed by atoms with Crippen molar-refractivity contribution in [3.63, 3.8) is 0 Å². The number of rotatable bonds is 3. The molecule has 0 saturated heterocycles. The van der Waals surface area contributed by atoms with Crippen LogP contribution >= 0.6 is 11.3 Å². The van der Waals surface area contributed by atoms with Gasteiger partial charge in [0.15, 0.2) is 0 Å². The molecule has 0 N–H and O–H groups in total. The molecule has 138 valence electrons. The van der Waals surface area contributed by atoms with E-state index in [1.54, 1.807) is 19.2 Å². The fourth-order valence-electron chi connectivity index (χ4n) is 2.48. The van der Waals surface area contributed by atoms with E-state index in [2.05, 4.69) is 10.1 Å². The second kappa shape index (κ2) is 6.96. The van der Waals surface area contributed by atoms with Crippen LogP contribution in [0, 0.1) is 25.2 Å². The lowest BCUT2D eigenvalue weighted by atomic mass is 10.1. The first-order valence-corrected chi connectivity index (χ1v) is 8.69. The Labute approximate surface area is 156 Å². The number of benzene rings is 1. The maximum atomic E-state index is 12.7. The Hall–Kier alpha value is -2.99. The van der Waals surface area contributed by atoms with Crippen molar-refractivity contribution in [3.8, 4) is 16.6 Å². The van der Waals surface area contributed by atoms with E-state index in [0.29, 0.717) is 27.5 Å². The van der Waals surface area contributed by atoms with E-state index in [4.69, 9.17) is 5.26 Å². The second-order valence-corrected chi connectivity index (χ2v) is 6.74. The Morgan fingerprint density at radius 1 is 1.22 bits per heavy atom. The minimum atomic E-state index is -4.39. The highest BCUT2D eigenvalue weighted by Crippen LogP contribution is 2.31. The van der Waals surface area contributed by atoms with E-state index in [-0.39, 0.29) is 12.1 Å². The predicted molar refractivity (Wildman–Crippen MR) is 94.3 cm³/mol. The Morgan fingerprint density at radius 3 is 2.48 bits per heavy atom. The molecule has 0 aliphatic carbocycles. The lowest BCUT2D eigenvalue weighted by molar-refractivity contribution is -0.137. The molecule has 0 atom stereocenters. The van der Waals surface area contributed by atoms with Crippen LogP contribution in [-0.2, 0) is 12.7 Å². The third kappa shape index (κ3) is 3.75. The molecular weight excluding hydrogens is 377 g/mol. The zero-order valence-corrected chi connectivity index (χ0v) is 15.1. The van der Waals surface area contributed by atoms with Gasteiger partial charge in [-0.1, -0.05) is 12.1 Å². The standard InChI is InChI=1S/C18H13F3N4OS/c1-10-11(2)24-25(17(26)15(10)7-22)8-14-9-27-16(23-14)12-3-5-13(6-4-12)18(19,20)21/h3-6,9H,8H2,1-2H3. The lowest BCUT2D eigenvalue weighted by Gasteiger charge is -2.07. The van der Waals surface area contributed by atoms with E-state index < -0.39 is 17.3 Å². The summed E-state index contributed by atoms with van der Waals surface area (Å²) in [6, 6.07) is 6.63. The zero-order valence-electron chi connectivity index (χ0n) is 14.3. The summed E-state index contributed by atoms with van der Waals surface area (Å²) in [6.45, 7) is 3.45. The number of hydrogen-bond acceptors (Lipinski definition) is 5. The van der Waals surface area contributed by atoms with Crippen molar-refractivity contribution < 1.29 is 13.2 Å². The van der Waals surface area contributed by atoms with E-state index in [1.165, 1.54) is 28.2 Å².